The number of benzene rings is 2. The zero-order valence-corrected chi connectivity index (χ0v) is 12.0. The van der Waals surface area contributed by atoms with E-state index < -0.39 is 0 Å². The lowest BCUT2D eigenvalue weighted by Crippen LogP contribution is -2.12. The third-order valence-electron chi connectivity index (χ3n) is 3.29. The largest absolute Gasteiger partial charge is 0.398 e. The van der Waals surface area contributed by atoms with Crippen LogP contribution in [-0.4, -0.2) is 19.0 Å². The molecular formula is C17H22N2. The van der Waals surface area contributed by atoms with E-state index in [1.54, 1.807) is 0 Å². The van der Waals surface area contributed by atoms with E-state index in [0.29, 0.717) is 0 Å². The number of hydrogen-bond donors (Lipinski definition) is 1. The van der Waals surface area contributed by atoms with E-state index in [2.05, 4.69) is 62.3 Å². The van der Waals surface area contributed by atoms with Crippen LogP contribution in [0.3, 0.4) is 0 Å². The molecule has 0 aliphatic carbocycles. The smallest absolute Gasteiger partial charge is 0.0352 e. The summed E-state index contributed by atoms with van der Waals surface area (Å²) in [4.78, 5) is 2.19. The lowest BCUT2D eigenvalue weighted by atomic mass is 9.97. The zero-order chi connectivity index (χ0) is 13.8. The molecule has 0 fully saturated rings. The highest BCUT2D eigenvalue weighted by Gasteiger charge is 2.06. The number of nitrogen functional groups attached to an aromatic ring is 1. The van der Waals surface area contributed by atoms with E-state index in [1.165, 1.54) is 22.3 Å². The van der Waals surface area contributed by atoms with E-state index in [0.717, 1.165) is 18.7 Å². The Hall–Kier alpha value is -1.80. The number of anilines is 1. The Bertz CT molecular complexity index is 559. The topological polar surface area (TPSA) is 29.3 Å². The monoisotopic (exact) mass is 254 g/mol. The van der Waals surface area contributed by atoms with Gasteiger partial charge in [-0.2, -0.15) is 0 Å². The highest BCUT2D eigenvalue weighted by Crippen LogP contribution is 2.20. The molecule has 0 aliphatic rings. The third-order valence-corrected chi connectivity index (χ3v) is 3.29. The van der Waals surface area contributed by atoms with Gasteiger partial charge in [-0.25, -0.2) is 0 Å². The van der Waals surface area contributed by atoms with Crippen molar-refractivity contribution in [3.8, 4) is 0 Å². The van der Waals surface area contributed by atoms with Gasteiger partial charge in [0, 0.05) is 12.2 Å². The van der Waals surface area contributed by atoms with Crippen LogP contribution in [0.15, 0.2) is 42.5 Å². The predicted molar refractivity (Wildman–Crippen MR) is 82.2 cm³/mol. The summed E-state index contributed by atoms with van der Waals surface area (Å²) in [5.41, 5.74) is 12.1. The van der Waals surface area contributed by atoms with Gasteiger partial charge in [0.2, 0.25) is 0 Å². The maximum atomic E-state index is 6.11. The predicted octanol–water partition coefficient (Wildman–Crippen LogP) is 3.23. The molecule has 0 amide bonds. The van der Waals surface area contributed by atoms with Crippen molar-refractivity contribution in [1.82, 2.24) is 4.90 Å². The molecule has 2 aromatic rings. The SMILES string of the molecule is Cc1ccc(Cc2ccccc2CN(C)C)c(N)c1. The highest BCUT2D eigenvalue weighted by atomic mass is 15.0. The molecule has 0 saturated carbocycles. The van der Waals surface area contributed by atoms with Crippen molar-refractivity contribution < 1.29 is 0 Å². The molecular weight excluding hydrogens is 232 g/mol. The van der Waals surface area contributed by atoms with Crippen LogP contribution in [0.5, 0.6) is 0 Å². The van der Waals surface area contributed by atoms with E-state index >= 15 is 0 Å². The van der Waals surface area contributed by atoms with Gasteiger partial charge >= 0.3 is 0 Å². The summed E-state index contributed by atoms with van der Waals surface area (Å²) in [6.07, 6.45) is 0.899. The second kappa shape index (κ2) is 5.89. The minimum atomic E-state index is 0.889. The second-order valence-corrected chi connectivity index (χ2v) is 5.39. The summed E-state index contributed by atoms with van der Waals surface area (Å²) in [6.45, 7) is 3.03. The maximum absolute atomic E-state index is 6.11. The number of nitrogens with zero attached hydrogens (tertiary/aromatic N) is 1. The van der Waals surface area contributed by atoms with Crippen LogP contribution in [0.25, 0.3) is 0 Å². The Labute approximate surface area is 115 Å². The van der Waals surface area contributed by atoms with E-state index in [9.17, 15) is 0 Å². The van der Waals surface area contributed by atoms with Crippen LogP contribution < -0.4 is 5.73 Å². The quantitative estimate of drug-likeness (QED) is 0.849. The van der Waals surface area contributed by atoms with Crippen molar-refractivity contribution in [3.05, 3.63) is 64.7 Å². The van der Waals surface area contributed by atoms with Crippen molar-refractivity contribution >= 4 is 5.69 Å². The standard InChI is InChI=1S/C17H22N2/c1-13-8-9-15(17(18)10-13)11-14-6-4-5-7-16(14)12-19(2)3/h4-10H,11-12,18H2,1-3H3. The van der Waals surface area contributed by atoms with Crippen molar-refractivity contribution in [2.75, 3.05) is 19.8 Å². The molecule has 0 saturated heterocycles. The molecule has 2 aromatic carbocycles. The van der Waals surface area contributed by atoms with Gasteiger partial charge in [-0.15, -0.1) is 0 Å². The van der Waals surface area contributed by atoms with Gasteiger partial charge in [0.25, 0.3) is 0 Å². The average Bonchev–Trinajstić information content (AvgIpc) is 2.34. The van der Waals surface area contributed by atoms with Crippen LogP contribution in [0.1, 0.15) is 22.3 Å². The molecule has 0 aromatic heterocycles. The Balaban J connectivity index is 2.27. The number of nitrogens with two attached hydrogens (primary N) is 1. The number of hydrogen-bond acceptors (Lipinski definition) is 2. The van der Waals surface area contributed by atoms with Crippen molar-refractivity contribution in [2.45, 2.75) is 19.9 Å². The lowest BCUT2D eigenvalue weighted by molar-refractivity contribution is 0.401. The molecule has 2 N–H and O–H groups in total. The summed E-state index contributed by atoms with van der Waals surface area (Å²) >= 11 is 0. The molecule has 2 nitrogen and oxygen atoms in total. The van der Waals surface area contributed by atoms with Crippen LogP contribution >= 0.6 is 0 Å². The molecule has 2 heteroatoms. The number of rotatable bonds is 4. The Morgan fingerprint density at radius 1 is 0.947 bits per heavy atom. The molecule has 0 bridgehead atoms. The van der Waals surface area contributed by atoms with Crippen molar-refractivity contribution in [1.29, 1.82) is 0 Å². The van der Waals surface area contributed by atoms with Gasteiger partial charge in [-0.05, 0) is 55.8 Å². The highest BCUT2D eigenvalue weighted by molar-refractivity contribution is 5.51. The summed E-state index contributed by atoms with van der Waals surface area (Å²) < 4.78 is 0. The Kier molecular flexibility index (Phi) is 4.23. The van der Waals surface area contributed by atoms with Crippen LogP contribution in [0, 0.1) is 6.92 Å². The first-order valence-electron chi connectivity index (χ1n) is 6.63. The van der Waals surface area contributed by atoms with Crippen LogP contribution in [0.4, 0.5) is 5.69 Å². The van der Waals surface area contributed by atoms with E-state index in [1.807, 2.05) is 6.07 Å². The molecule has 0 radical (unpaired) electrons. The Morgan fingerprint density at radius 3 is 2.26 bits per heavy atom. The lowest BCUT2D eigenvalue weighted by Gasteiger charge is -2.15. The van der Waals surface area contributed by atoms with Crippen molar-refractivity contribution in [3.63, 3.8) is 0 Å². The summed E-state index contributed by atoms with van der Waals surface area (Å²) in [5.74, 6) is 0. The minimum absolute atomic E-state index is 0.889. The molecule has 100 valence electrons. The van der Waals surface area contributed by atoms with Gasteiger partial charge in [0.1, 0.15) is 0 Å². The molecule has 0 atom stereocenters. The fourth-order valence-electron chi connectivity index (χ4n) is 2.31. The van der Waals surface area contributed by atoms with E-state index in [-0.39, 0.29) is 0 Å². The first-order chi connectivity index (χ1) is 9.06. The molecule has 0 heterocycles. The first kappa shape index (κ1) is 13.6. The minimum Gasteiger partial charge on any atom is -0.398 e. The van der Waals surface area contributed by atoms with Gasteiger partial charge in [0.05, 0.1) is 0 Å². The first-order valence-corrected chi connectivity index (χ1v) is 6.63. The van der Waals surface area contributed by atoms with Gasteiger partial charge in [-0.3, -0.25) is 0 Å². The van der Waals surface area contributed by atoms with Gasteiger partial charge in [0.15, 0.2) is 0 Å². The average molecular weight is 254 g/mol. The summed E-state index contributed by atoms with van der Waals surface area (Å²) in [6, 6.07) is 14.9. The Morgan fingerprint density at radius 2 is 1.63 bits per heavy atom. The third kappa shape index (κ3) is 3.58. The second-order valence-electron chi connectivity index (χ2n) is 5.39. The fourth-order valence-corrected chi connectivity index (χ4v) is 2.31. The summed E-state index contributed by atoms with van der Waals surface area (Å²) in [5, 5.41) is 0. The van der Waals surface area contributed by atoms with Crippen LogP contribution in [0.2, 0.25) is 0 Å². The van der Waals surface area contributed by atoms with E-state index in [4.69, 9.17) is 5.73 Å². The summed E-state index contributed by atoms with van der Waals surface area (Å²) in [7, 11) is 4.19. The molecule has 19 heavy (non-hydrogen) atoms. The molecule has 0 aliphatic heterocycles. The van der Waals surface area contributed by atoms with Gasteiger partial charge < -0.3 is 10.6 Å². The molecule has 0 unspecified atom stereocenters. The number of aryl methyl sites for hydroxylation is 1. The van der Waals surface area contributed by atoms with Crippen LogP contribution in [-0.2, 0) is 13.0 Å². The van der Waals surface area contributed by atoms with Gasteiger partial charge in [-0.1, -0.05) is 36.4 Å². The molecule has 2 rings (SSSR count). The molecule has 0 spiro atoms. The van der Waals surface area contributed by atoms with Crippen molar-refractivity contribution in [2.24, 2.45) is 0 Å². The normalized spacial score (nSPS) is 10.9. The zero-order valence-electron chi connectivity index (χ0n) is 12.0. The fraction of sp³-hybridized carbons (Fsp3) is 0.294. The maximum Gasteiger partial charge on any atom is 0.0352 e.